The number of fused-ring (bicyclic) bond motifs is 1. The van der Waals surface area contributed by atoms with Gasteiger partial charge in [-0.1, -0.05) is 6.07 Å². The SMILES string of the molecule is N=CN(C(=O)c1cc2cccnc2s1)N1CCCC1. The average Bonchev–Trinajstić information content (AvgIpc) is 3.08. The third-order valence-corrected chi connectivity index (χ3v) is 4.27. The van der Waals surface area contributed by atoms with Gasteiger partial charge in [-0.15, -0.1) is 11.3 Å². The second kappa shape index (κ2) is 5.07. The molecule has 3 heterocycles. The third kappa shape index (κ3) is 2.24. The first kappa shape index (κ1) is 12.3. The lowest BCUT2D eigenvalue weighted by molar-refractivity contribution is 0.0449. The van der Waals surface area contributed by atoms with Crippen molar-refractivity contribution in [3.8, 4) is 0 Å². The highest BCUT2D eigenvalue weighted by Gasteiger charge is 2.25. The van der Waals surface area contributed by atoms with Gasteiger partial charge in [-0.25, -0.2) is 15.0 Å². The van der Waals surface area contributed by atoms with E-state index in [1.807, 2.05) is 23.2 Å². The highest BCUT2D eigenvalue weighted by molar-refractivity contribution is 7.20. The molecule has 0 radical (unpaired) electrons. The Morgan fingerprint density at radius 3 is 2.95 bits per heavy atom. The molecule has 1 saturated heterocycles. The summed E-state index contributed by atoms with van der Waals surface area (Å²) in [6.07, 6.45) is 4.98. The molecule has 1 aliphatic heterocycles. The molecule has 98 valence electrons. The van der Waals surface area contributed by atoms with Gasteiger partial charge in [0.05, 0.1) is 4.88 Å². The van der Waals surface area contributed by atoms with Crippen LogP contribution in [0.2, 0.25) is 0 Å². The van der Waals surface area contributed by atoms with Crippen LogP contribution >= 0.6 is 11.3 Å². The molecular formula is C13H14N4OS. The zero-order valence-electron chi connectivity index (χ0n) is 10.4. The maximum atomic E-state index is 12.4. The van der Waals surface area contributed by atoms with Crippen molar-refractivity contribution in [2.75, 3.05) is 13.1 Å². The molecule has 2 aromatic heterocycles. The molecule has 6 heteroatoms. The van der Waals surface area contributed by atoms with Crippen LogP contribution in [-0.4, -0.2) is 40.3 Å². The summed E-state index contributed by atoms with van der Waals surface area (Å²) in [6.45, 7) is 1.68. The number of hydrogen-bond donors (Lipinski definition) is 1. The van der Waals surface area contributed by atoms with Crippen molar-refractivity contribution in [3.63, 3.8) is 0 Å². The van der Waals surface area contributed by atoms with E-state index >= 15 is 0 Å². The normalized spacial score (nSPS) is 15.8. The van der Waals surface area contributed by atoms with Crippen molar-refractivity contribution in [1.82, 2.24) is 15.0 Å². The number of aromatic nitrogens is 1. The van der Waals surface area contributed by atoms with Crippen molar-refractivity contribution in [2.24, 2.45) is 0 Å². The molecule has 0 bridgehead atoms. The Bertz CT molecular complexity index is 585. The van der Waals surface area contributed by atoms with Crippen LogP contribution in [0, 0.1) is 5.41 Å². The minimum absolute atomic E-state index is 0.139. The molecule has 1 fully saturated rings. The number of carbonyl (C=O) groups is 1. The molecule has 0 saturated carbocycles. The second-order valence-corrected chi connectivity index (χ2v) is 5.48. The molecule has 1 N–H and O–H groups in total. The summed E-state index contributed by atoms with van der Waals surface area (Å²) in [5.74, 6) is -0.139. The number of thiophene rings is 1. The van der Waals surface area contributed by atoms with Crippen molar-refractivity contribution in [2.45, 2.75) is 12.8 Å². The standard InChI is InChI=1S/C13H14N4OS/c14-9-17(16-6-1-2-7-16)13(18)11-8-10-4-3-5-15-12(10)19-11/h3-5,8-9,14H,1-2,6-7H2. The predicted octanol–water partition coefficient (Wildman–Crippen LogP) is 2.36. The number of rotatable bonds is 3. The lowest BCUT2D eigenvalue weighted by Gasteiger charge is -2.26. The van der Waals surface area contributed by atoms with E-state index in [1.165, 1.54) is 16.3 Å². The number of hydrogen-bond acceptors (Lipinski definition) is 5. The lowest BCUT2D eigenvalue weighted by Crippen LogP contribution is -2.43. The van der Waals surface area contributed by atoms with E-state index in [2.05, 4.69) is 4.98 Å². The summed E-state index contributed by atoms with van der Waals surface area (Å²) in [5.41, 5.74) is 0. The summed E-state index contributed by atoms with van der Waals surface area (Å²) in [4.78, 5) is 18.2. The van der Waals surface area contributed by atoms with Crippen molar-refractivity contribution in [1.29, 1.82) is 5.41 Å². The minimum atomic E-state index is -0.139. The molecule has 2 aromatic rings. The number of nitrogens with one attached hydrogen (secondary N) is 1. The maximum absolute atomic E-state index is 12.4. The predicted molar refractivity (Wildman–Crippen MR) is 75.4 cm³/mol. The molecule has 1 aliphatic rings. The fourth-order valence-electron chi connectivity index (χ4n) is 2.28. The largest absolute Gasteiger partial charge is 0.290 e. The van der Waals surface area contributed by atoms with Crippen LogP contribution in [0.4, 0.5) is 0 Å². The van der Waals surface area contributed by atoms with E-state index in [1.54, 1.807) is 6.20 Å². The summed E-state index contributed by atoms with van der Waals surface area (Å²) in [7, 11) is 0. The van der Waals surface area contributed by atoms with E-state index in [0.29, 0.717) is 4.88 Å². The number of nitrogens with zero attached hydrogens (tertiary/aromatic N) is 3. The van der Waals surface area contributed by atoms with Crippen LogP contribution in [-0.2, 0) is 0 Å². The highest BCUT2D eigenvalue weighted by atomic mass is 32.1. The van der Waals surface area contributed by atoms with Gasteiger partial charge in [-0.05, 0) is 25.0 Å². The molecular weight excluding hydrogens is 260 g/mol. The number of amides is 1. The van der Waals surface area contributed by atoms with Gasteiger partial charge in [0.15, 0.2) is 0 Å². The molecule has 0 atom stereocenters. The van der Waals surface area contributed by atoms with E-state index in [-0.39, 0.29) is 5.91 Å². The van der Waals surface area contributed by atoms with E-state index in [9.17, 15) is 4.79 Å². The van der Waals surface area contributed by atoms with E-state index in [4.69, 9.17) is 5.41 Å². The van der Waals surface area contributed by atoms with Gasteiger partial charge in [0.2, 0.25) is 0 Å². The van der Waals surface area contributed by atoms with Gasteiger partial charge >= 0.3 is 0 Å². The monoisotopic (exact) mass is 274 g/mol. The minimum Gasteiger partial charge on any atom is -0.290 e. The molecule has 19 heavy (non-hydrogen) atoms. The van der Waals surface area contributed by atoms with Gasteiger partial charge < -0.3 is 0 Å². The van der Waals surface area contributed by atoms with E-state index in [0.717, 1.165) is 42.5 Å². The maximum Gasteiger partial charge on any atom is 0.283 e. The zero-order chi connectivity index (χ0) is 13.2. The third-order valence-electron chi connectivity index (χ3n) is 3.22. The first-order chi connectivity index (χ1) is 9.29. The molecule has 0 aliphatic carbocycles. The first-order valence-electron chi connectivity index (χ1n) is 6.23. The summed E-state index contributed by atoms with van der Waals surface area (Å²) < 4.78 is 0. The number of hydrazine groups is 1. The van der Waals surface area contributed by atoms with Crippen molar-refractivity contribution < 1.29 is 4.79 Å². The van der Waals surface area contributed by atoms with Crippen LogP contribution in [0.1, 0.15) is 22.5 Å². The topological polar surface area (TPSA) is 60.3 Å². The van der Waals surface area contributed by atoms with E-state index < -0.39 is 0 Å². The Labute approximate surface area is 114 Å². The summed E-state index contributed by atoms with van der Waals surface area (Å²) in [5, 5.41) is 11.8. The van der Waals surface area contributed by atoms with Gasteiger partial charge in [0, 0.05) is 24.7 Å². The smallest absolute Gasteiger partial charge is 0.283 e. The Hall–Kier alpha value is -1.79. The Balaban J connectivity index is 1.90. The average molecular weight is 274 g/mol. The lowest BCUT2D eigenvalue weighted by atomic mass is 10.3. The highest BCUT2D eigenvalue weighted by Crippen LogP contribution is 2.25. The second-order valence-electron chi connectivity index (χ2n) is 4.45. The fourth-order valence-corrected chi connectivity index (χ4v) is 3.21. The molecule has 0 spiro atoms. The Kier molecular flexibility index (Phi) is 3.27. The van der Waals surface area contributed by atoms with Gasteiger partial charge in [0.25, 0.3) is 5.91 Å². The van der Waals surface area contributed by atoms with Gasteiger partial charge in [-0.3, -0.25) is 10.2 Å². The summed E-state index contributed by atoms with van der Waals surface area (Å²) in [6, 6.07) is 5.65. The van der Waals surface area contributed by atoms with Gasteiger partial charge in [-0.2, -0.15) is 0 Å². The zero-order valence-corrected chi connectivity index (χ0v) is 11.2. The van der Waals surface area contributed by atoms with Crippen LogP contribution in [0.5, 0.6) is 0 Å². The van der Waals surface area contributed by atoms with Crippen molar-refractivity contribution >= 4 is 33.8 Å². The first-order valence-corrected chi connectivity index (χ1v) is 7.05. The molecule has 0 aromatic carbocycles. The number of pyridine rings is 1. The van der Waals surface area contributed by atoms with Crippen LogP contribution in [0.15, 0.2) is 24.4 Å². The van der Waals surface area contributed by atoms with Crippen LogP contribution in [0.3, 0.4) is 0 Å². The molecule has 5 nitrogen and oxygen atoms in total. The fraction of sp³-hybridized carbons (Fsp3) is 0.308. The quantitative estimate of drug-likeness (QED) is 0.690. The van der Waals surface area contributed by atoms with Crippen LogP contribution in [0.25, 0.3) is 10.2 Å². The molecule has 0 unspecified atom stereocenters. The number of carbonyl (C=O) groups excluding carboxylic acids is 1. The van der Waals surface area contributed by atoms with Crippen LogP contribution < -0.4 is 0 Å². The van der Waals surface area contributed by atoms with Gasteiger partial charge in [0.1, 0.15) is 11.2 Å². The summed E-state index contributed by atoms with van der Waals surface area (Å²) >= 11 is 1.38. The molecule has 3 rings (SSSR count). The molecule has 1 amide bonds. The van der Waals surface area contributed by atoms with Crippen molar-refractivity contribution in [3.05, 3.63) is 29.3 Å². The Morgan fingerprint density at radius 2 is 2.26 bits per heavy atom. The Morgan fingerprint density at radius 1 is 1.47 bits per heavy atom.